The number of hydrogen-bond donors (Lipinski definition) is 0. The number of hydrogen-bond acceptors (Lipinski definition) is 2. The van der Waals surface area contributed by atoms with Gasteiger partial charge in [0.2, 0.25) is 0 Å². The molecule has 1 aromatic carbocycles. The average molecular weight is 290 g/mol. The summed E-state index contributed by atoms with van der Waals surface area (Å²) in [5.41, 5.74) is 3.54. The number of pyridine rings is 1. The van der Waals surface area contributed by atoms with Crippen LogP contribution in [0.1, 0.15) is 17.0 Å². The minimum Gasteiger partial charge on any atom is -0.307 e. The normalized spacial score (nSPS) is 11.2. The second kappa shape index (κ2) is 5.21. The molecule has 0 aliphatic carbocycles. The van der Waals surface area contributed by atoms with Crippen molar-refractivity contribution in [3.05, 3.63) is 59.3 Å². The van der Waals surface area contributed by atoms with Gasteiger partial charge >= 0.3 is 0 Å². The predicted octanol–water partition coefficient (Wildman–Crippen LogP) is 3.67. The lowest BCUT2D eigenvalue weighted by atomic mass is 10.2. The van der Waals surface area contributed by atoms with Crippen LogP contribution in [0.4, 0.5) is 4.39 Å². The highest BCUT2D eigenvalue weighted by Crippen LogP contribution is 2.20. The molecule has 2 heterocycles. The van der Waals surface area contributed by atoms with E-state index in [4.69, 9.17) is 11.6 Å². The van der Waals surface area contributed by atoms with Gasteiger partial charge in [0.25, 0.3) is 0 Å². The monoisotopic (exact) mass is 289 g/mol. The molecule has 0 spiro atoms. The van der Waals surface area contributed by atoms with E-state index in [2.05, 4.69) is 9.97 Å². The van der Waals surface area contributed by atoms with Crippen molar-refractivity contribution in [1.82, 2.24) is 14.5 Å². The number of fused-ring (bicyclic) bond motifs is 1. The number of aryl methyl sites for hydroxylation is 1. The van der Waals surface area contributed by atoms with E-state index < -0.39 is 0 Å². The van der Waals surface area contributed by atoms with E-state index in [1.807, 2.05) is 23.6 Å². The summed E-state index contributed by atoms with van der Waals surface area (Å²) in [5.74, 6) is 0.793. The maximum absolute atomic E-state index is 13.3. The SMILES string of the molecule is Cc1ccnc2c1nc(CCl)n2Cc1cccc(F)c1. The molecule has 0 bridgehead atoms. The molecule has 0 saturated heterocycles. The van der Waals surface area contributed by atoms with Crippen molar-refractivity contribution in [1.29, 1.82) is 0 Å². The Morgan fingerprint density at radius 2 is 2.15 bits per heavy atom. The molecule has 3 rings (SSSR count). The number of benzene rings is 1. The lowest BCUT2D eigenvalue weighted by Gasteiger charge is -2.07. The van der Waals surface area contributed by atoms with Crippen LogP contribution in [-0.2, 0) is 12.4 Å². The van der Waals surface area contributed by atoms with Gasteiger partial charge in [-0.05, 0) is 36.2 Å². The van der Waals surface area contributed by atoms with E-state index in [1.54, 1.807) is 12.3 Å². The quantitative estimate of drug-likeness (QED) is 0.689. The molecule has 0 radical (unpaired) electrons. The molecule has 0 N–H and O–H groups in total. The van der Waals surface area contributed by atoms with E-state index in [-0.39, 0.29) is 5.82 Å². The van der Waals surface area contributed by atoms with Crippen molar-refractivity contribution >= 4 is 22.8 Å². The summed E-state index contributed by atoms with van der Waals surface area (Å²) in [4.78, 5) is 8.90. The van der Waals surface area contributed by atoms with Crippen LogP contribution in [0.2, 0.25) is 0 Å². The molecule has 5 heteroatoms. The van der Waals surface area contributed by atoms with Crippen LogP contribution in [0.25, 0.3) is 11.2 Å². The van der Waals surface area contributed by atoms with Crippen molar-refractivity contribution in [3.63, 3.8) is 0 Å². The van der Waals surface area contributed by atoms with Crippen LogP contribution >= 0.6 is 11.6 Å². The Balaban J connectivity index is 2.12. The third kappa shape index (κ3) is 2.27. The Hall–Kier alpha value is -1.94. The number of imidazole rings is 1. The summed E-state index contributed by atoms with van der Waals surface area (Å²) in [6, 6.07) is 8.44. The van der Waals surface area contributed by atoms with E-state index >= 15 is 0 Å². The number of nitrogens with zero attached hydrogens (tertiary/aromatic N) is 3. The molecular weight excluding hydrogens is 277 g/mol. The Morgan fingerprint density at radius 1 is 1.30 bits per heavy atom. The van der Waals surface area contributed by atoms with Gasteiger partial charge in [0.1, 0.15) is 17.2 Å². The lowest BCUT2D eigenvalue weighted by Crippen LogP contribution is -2.05. The molecule has 3 aromatic rings. The van der Waals surface area contributed by atoms with Gasteiger partial charge in [-0.1, -0.05) is 12.1 Å². The first-order valence-electron chi connectivity index (χ1n) is 6.30. The topological polar surface area (TPSA) is 30.7 Å². The maximum Gasteiger partial charge on any atom is 0.160 e. The number of aromatic nitrogens is 3. The Bertz CT molecular complexity index is 767. The van der Waals surface area contributed by atoms with Crippen molar-refractivity contribution in [2.75, 3.05) is 0 Å². The third-order valence-corrected chi connectivity index (χ3v) is 3.50. The predicted molar refractivity (Wildman–Crippen MR) is 77.3 cm³/mol. The summed E-state index contributed by atoms with van der Waals surface area (Å²) >= 11 is 5.97. The Morgan fingerprint density at radius 3 is 2.90 bits per heavy atom. The molecule has 0 unspecified atom stereocenters. The van der Waals surface area contributed by atoms with Gasteiger partial charge in [0, 0.05) is 6.20 Å². The fraction of sp³-hybridized carbons (Fsp3) is 0.200. The van der Waals surface area contributed by atoms with Gasteiger partial charge in [-0.15, -0.1) is 11.6 Å². The zero-order valence-electron chi connectivity index (χ0n) is 11.0. The van der Waals surface area contributed by atoms with E-state index in [1.165, 1.54) is 12.1 Å². The van der Waals surface area contributed by atoms with E-state index in [0.717, 1.165) is 28.1 Å². The number of alkyl halides is 1. The highest BCUT2D eigenvalue weighted by atomic mass is 35.5. The minimum absolute atomic E-state index is 0.247. The Kier molecular flexibility index (Phi) is 3.40. The van der Waals surface area contributed by atoms with Crippen LogP contribution in [-0.4, -0.2) is 14.5 Å². The highest BCUT2D eigenvalue weighted by molar-refractivity contribution is 6.16. The average Bonchev–Trinajstić information content (AvgIpc) is 2.79. The van der Waals surface area contributed by atoms with Gasteiger partial charge in [0.15, 0.2) is 5.65 Å². The Labute approximate surface area is 121 Å². The summed E-state index contributed by atoms with van der Waals surface area (Å²) in [6.45, 7) is 2.49. The summed E-state index contributed by atoms with van der Waals surface area (Å²) in [5, 5.41) is 0. The van der Waals surface area contributed by atoms with Crippen LogP contribution in [0, 0.1) is 12.7 Å². The molecule has 0 amide bonds. The minimum atomic E-state index is -0.247. The van der Waals surface area contributed by atoms with Gasteiger partial charge in [-0.25, -0.2) is 14.4 Å². The lowest BCUT2D eigenvalue weighted by molar-refractivity contribution is 0.623. The number of halogens is 2. The third-order valence-electron chi connectivity index (χ3n) is 3.26. The molecule has 0 saturated carbocycles. The van der Waals surface area contributed by atoms with Crippen LogP contribution in [0.5, 0.6) is 0 Å². The second-order valence-electron chi connectivity index (χ2n) is 4.68. The molecule has 102 valence electrons. The standard InChI is InChI=1S/C15H13ClFN3/c1-10-5-6-18-15-14(10)19-13(8-16)20(15)9-11-3-2-4-12(17)7-11/h2-7H,8-9H2,1H3. The molecule has 3 nitrogen and oxygen atoms in total. The first kappa shape index (κ1) is 13.1. The first-order chi connectivity index (χ1) is 9.69. The maximum atomic E-state index is 13.3. The first-order valence-corrected chi connectivity index (χ1v) is 6.83. The summed E-state index contributed by atoms with van der Waals surface area (Å²) in [7, 11) is 0. The zero-order chi connectivity index (χ0) is 14.1. The van der Waals surface area contributed by atoms with Crippen molar-refractivity contribution in [3.8, 4) is 0 Å². The summed E-state index contributed by atoms with van der Waals surface area (Å²) < 4.78 is 15.2. The van der Waals surface area contributed by atoms with Gasteiger partial charge in [-0.2, -0.15) is 0 Å². The molecule has 0 atom stereocenters. The van der Waals surface area contributed by atoms with Crippen LogP contribution in [0.15, 0.2) is 36.5 Å². The van der Waals surface area contributed by atoms with Crippen LogP contribution in [0.3, 0.4) is 0 Å². The molecule has 2 aromatic heterocycles. The molecule has 20 heavy (non-hydrogen) atoms. The van der Waals surface area contributed by atoms with Crippen molar-refractivity contribution in [2.24, 2.45) is 0 Å². The zero-order valence-corrected chi connectivity index (χ0v) is 11.7. The van der Waals surface area contributed by atoms with Gasteiger partial charge in [0.05, 0.1) is 12.4 Å². The smallest absolute Gasteiger partial charge is 0.160 e. The van der Waals surface area contributed by atoms with E-state index in [9.17, 15) is 4.39 Å². The second-order valence-corrected chi connectivity index (χ2v) is 4.95. The molecular formula is C15H13ClFN3. The molecule has 0 fully saturated rings. The molecule has 0 aliphatic heterocycles. The largest absolute Gasteiger partial charge is 0.307 e. The highest BCUT2D eigenvalue weighted by Gasteiger charge is 2.13. The summed E-state index contributed by atoms with van der Waals surface area (Å²) in [6.07, 6.45) is 1.75. The van der Waals surface area contributed by atoms with Gasteiger partial charge < -0.3 is 4.57 Å². The fourth-order valence-corrected chi connectivity index (χ4v) is 2.47. The fourth-order valence-electron chi connectivity index (χ4n) is 2.27. The van der Waals surface area contributed by atoms with E-state index in [0.29, 0.717) is 12.4 Å². The number of rotatable bonds is 3. The van der Waals surface area contributed by atoms with Crippen molar-refractivity contribution < 1.29 is 4.39 Å². The van der Waals surface area contributed by atoms with Gasteiger partial charge in [-0.3, -0.25) is 0 Å². The molecule has 0 aliphatic rings. The van der Waals surface area contributed by atoms with Crippen LogP contribution < -0.4 is 0 Å². The van der Waals surface area contributed by atoms with Crippen molar-refractivity contribution in [2.45, 2.75) is 19.3 Å².